The number of rotatable bonds is 3. The van der Waals surface area contributed by atoms with E-state index in [0.29, 0.717) is 0 Å². The van der Waals surface area contributed by atoms with Crippen molar-refractivity contribution in [1.29, 1.82) is 0 Å². The molecule has 1 amide bonds. The lowest BCUT2D eigenvalue weighted by atomic mass is 9.94. The number of benzene rings is 1. The van der Waals surface area contributed by atoms with Gasteiger partial charge in [0.05, 0.1) is 5.52 Å². The van der Waals surface area contributed by atoms with Crippen LogP contribution in [0.3, 0.4) is 0 Å². The van der Waals surface area contributed by atoms with E-state index in [4.69, 9.17) is 4.98 Å². The van der Waals surface area contributed by atoms with Gasteiger partial charge in [-0.25, -0.2) is 0 Å². The van der Waals surface area contributed by atoms with Crippen LogP contribution >= 0.6 is 0 Å². The zero-order chi connectivity index (χ0) is 18.7. The van der Waals surface area contributed by atoms with Crippen molar-refractivity contribution in [2.45, 2.75) is 47.0 Å². The Morgan fingerprint density at radius 1 is 1.12 bits per heavy atom. The number of fused-ring (bicyclic) bond motifs is 1. The lowest BCUT2D eigenvalue weighted by Gasteiger charge is -2.29. The number of aromatic nitrogens is 1. The molecule has 0 atom stereocenters. The molecular weight excluding hydrogens is 322 g/mol. The third kappa shape index (κ3) is 4.00. The number of anilines is 1. The maximum absolute atomic E-state index is 12.7. The van der Waals surface area contributed by atoms with Crippen LogP contribution < -0.4 is 4.90 Å². The fourth-order valence-electron chi connectivity index (χ4n) is 3.69. The van der Waals surface area contributed by atoms with Gasteiger partial charge >= 0.3 is 0 Å². The van der Waals surface area contributed by atoms with E-state index in [2.05, 4.69) is 42.2 Å². The van der Waals surface area contributed by atoms with E-state index in [-0.39, 0.29) is 11.3 Å². The molecule has 140 valence electrons. The smallest absolute Gasteiger partial charge is 0.228 e. The Morgan fingerprint density at radius 2 is 1.88 bits per heavy atom. The van der Waals surface area contributed by atoms with Gasteiger partial charge in [-0.05, 0) is 25.0 Å². The van der Waals surface area contributed by atoms with Gasteiger partial charge in [-0.2, -0.15) is 0 Å². The van der Waals surface area contributed by atoms with Crippen molar-refractivity contribution in [2.75, 3.05) is 31.1 Å². The van der Waals surface area contributed by atoms with Crippen molar-refractivity contribution in [3.63, 3.8) is 0 Å². The van der Waals surface area contributed by atoms with Gasteiger partial charge < -0.3 is 9.80 Å². The van der Waals surface area contributed by atoms with E-state index in [9.17, 15) is 4.79 Å². The summed E-state index contributed by atoms with van der Waals surface area (Å²) in [5.74, 6) is 0.255. The highest BCUT2D eigenvalue weighted by molar-refractivity contribution is 5.92. The van der Waals surface area contributed by atoms with E-state index >= 15 is 0 Å². The Kier molecular flexibility index (Phi) is 5.49. The second-order valence-corrected chi connectivity index (χ2v) is 8.28. The van der Waals surface area contributed by atoms with E-state index in [1.807, 2.05) is 25.7 Å². The number of amides is 1. The van der Waals surface area contributed by atoms with Crippen LogP contribution in [0.25, 0.3) is 10.9 Å². The van der Waals surface area contributed by atoms with Crippen molar-refractivity contribution in [3.05, 3.63) is 36.0 Å². The largest absolute Gasteiger partial charge is 0.369 e. The Hall–Kier alpha value is -2.10. The first-order chi connectivity index (χ1) is 12.4. The maximum Gasteiger partial charge on any atom is 0.228 e. The number of hydrogen-bond acceptors (Lipinski definition) is 3. The van der Waals surface area contributed by atoms with Crippen LogP contribution in [-0.4, -0.2) is 42.0 Å². The van der Waals surface area contributed by atoms with Crippen LogP contribution in [-0.2, 0) is 11.2 Å². The van der Waals surface area contributed by atoms with E-state index in [1.54, 1.807) is 0 Å². The molecule has 0 spiro atoms. The summed E-state index contributed by atoms with van der Waals surface area (Å²) >= 11 is 0. The summed E-state index contributed by atoms with van der Waals surface area (Å²) in [6.45, 7) is 11.7. The van der Waals surface area contributed by atoms with Crippen LogP contribution in [0.15, 0.2) is 30.3 Å². The Balaban J connectivity index is 1.88. The predicted octanol–water partition coefficient (Wildman–Crippen LogP) is 4.27. The molecule has 2 heterocycles. The zero-order valence-corrected chi connectivity index (χ0v) is 16.6. The highest BCUT2D eigenvalue weighted by Crippen LogP contribution is 2.29. The summed E-state index contributed by atoms with van der Waals surface area (Å²) in [5.41, 5.74) is 3.19. The fraction of sp³-hybridized carbons (Fsp3) is 0.545. The third-order valence-corrected chi connectivity index (χ3v) is 5.02. The van der Waals surface area contributed by atoms with Crippen LogP contribution in [0.4, 0.5) is 5.69 Å². The van der Waals surface area contributed by atoms with Crippen molar-refractivity contribution in [2.24, 2.45) is 5.41 Å². The van der Waals surface area contributed by atoms with Gasteiger partial charge in [0, 0.05) is 48.4 Å². The first kappa shape index (κ1) is 18.7. The quantitative estimate of drug-likeness (QED) is 0.827. The number of para-hydroxylation sites is 1. The van der Waals surface area contributed by atoms with Gasteiger partial charge in [-0.15, -0.1) is 0 Å². The molecule has 4 heteroatoms. The second-order valence-electron chi connectivity index (χ2n) is 8.28. The molecule has 26 heavy (non-hydrogen) atoms. The second kappa shape index (κ2) is 7.65. The number of aryl methyl sites for hydroxylation is 1. The minimum absolute atomic E-state index is 0.255. The Morgan fingerprint density at radius 3 is 2.62 bits per heavy atom. The number of carbonyl (C=O) groups is 1. The molecule has 1 aromatic heterocycles. The highest BCUT2D eigenvalue weighted by Gasteiger charge is 2.28. The van der Waals surface area contributed by atoms with Gasteiger partial charge in [0.25, 0.3) is 0 Å². The molecule has 2 aromatic rings. The van der Waals surface area contributed by atoms with E-state index in [0.717, 1.165) is 56.7 Å². The van der Waals surface area contributed by atoms with Gasteiger partial charge in [0.1, 0.15) is 0 Å². The molecule has 0 radical (unpaired) electrons. The number of pyridine rings is 1. The lowest BCUT2D eigenvalue weighted by Crippen LogP contribution is -2.41. The molecule has 0 aliphatic carbocycles. The van der Waals surface area contributed by atoms with Crippen LogP contribution in [0.1, 0.15) is 46.2 Å². The normalized spacial score (nSPS) is 16.0. The molecule has 3 rings (SSSR count). The molecule has 4 nitrogen and oxygen atoms in total. The average Bonchev–Trinajstić information content (AvgIpc) is 2.86. The van der Waals surface area contributed by atoms with Gasteiger partial charge in [0.2, 0.25) is 5.91 Å². The van der Waals surface area contributed by atoms with Gasteiger partial charge in [-0.1, -0.05) is 52.3 Å². The van der Waals surface area contributed by atoms with E-state index in [1.165, 1.54) is 11.1 Å². The summed E-state index contributed by atoms with van der Waals surface area (Å²) in [6, 6.07) is 10.7. The Bertz CT molecular complexity index is 779. The molecule has 1 aliphatic rings. The van der Waals surface area contributed by atoms with Crippen molar-refractivity contribution < 1.29 is 4.79 Å². The van der Waals surface area contributed by atoms with Crippen LogP contribution in [0.5, 0.6) is 0 Å². The molecule has 0 saturated carbocycles. The monoisotopic (exact) mass is 353 g/mol. The third-order valence-electron chi connectivity index (χ3n) is 5.02. The molecule has 0 unspecified atom stereocenters. The SMILES string of the molecule is CCCc1cc(N2CCCN(C(=O)C(C)(C)C)CC2)c2ccccc2n1. The Labute approximate surface area is 157 Å². The minimum atomic E-state index is -0.313. The maximum atomic E-state index is 12.7. The molecule has 1 fully saturated rings. The standard InChI is InChI=1S/C22H31N3O/c1-5-9-17-16-20(18-10-6-7-11-19(18)23-17)24-12-8-13-25(15-14-24)21(26)22(2,3)4/h6-7,10-11,16H,5,8-9,12-15H2,1-4H3. The fourth-order valence-corrected chi connectivity index (χ4v) is 3.69. The highest BCUT2D eigenvalue weighted by atomic mass is 16.2. The van der Waals surface area contributed by atoms with Crippen molar-refractivity contribution in [1.82, 2.24) is 9.88 Å². The van der Waals surface area contributed by atoms with Gasteiger partial charge in [0.15, 0.2) is 0 Å². The number of hydrogen-bond donors (Lipinski definition) is 0. The molecule has 0 bridgehead atoms. The molecule has 1 aromatic carbocycles. The zero-order valence-electron chi connectivity index (χ0n) is 16.6. The molecule has 0 N–H and O–H groups in total. The first-order valence-corrected chi connectivity index (χ1v) is 9.83. The summed E-state index contributed by atoms with van der Waals surface area (Å²) < 4.78 is 0. The van der Waals surface area contributed by atoms with Crippen molar-refractivity contribution in [3.8, 4) is 0 Å². The van der Waals surface area contributed by atoms with Crippen molar-refractivity contribution >= 4 is 22.5 Å². The summed E-state index contributed by atoms with van der Waals surface area (Å²) in [5, 5.41) is 1.21. The molecular formula is C22H31N3O. The van der Waals surface area contributed by atoms with Crippen LogP contribution in [0, 0.1) is 5.41 Å². The topological polar surface area (TPSA) is 36.4 Å². The minimum Gasteiger partial charge on any atom is -0.369 e. The molecule has 1 aliphatic heterocycles. The molecule has 1 saturated heterocycles. The summed E-state index contributed by atoms with van der Waals surface area (Å²) in [4.78, 5) is 22.0. The first-order valence-electron chi connectivity index (χ1n) is 9.83. The number of nitrogens with zero attached hydrogens (tertiary/aromatic N) is 3. The van der Waals surface area contributed by atoms with Gasteiger partial charge in [-0.3, -0.25) is 9.78 Å². The van der Waals surface area contributed by atoms with Crippen LogP contribution in [0.2, 0.25) is 0 Å². The predicted molar refractivity (Wildman–Crippen MR) is 109 cm³/mol. The van der Waals surface area contributed by atoms with E-state index < -0.39 is 0 Å². The summed E-state index contributed by atoms with van der Waals surface area (Å²) in [6.07, 6.45) is 3.10. The number of carbonyl (C=O) groups excluding carboxylic acids is 1. The lowest BCUT2D eigenvalue weighted by molar-refractivity contribution is -0.139. The average molecular weight is 354 g/mol. The summed E-state index contributed by atoms with van der Waals surface area (Å²) in [7, 11) is 0.